The number of hydrogen-bond acceptors (Lipinski definition) is 5. The summed E-state index contributed by atoms with van der Waals surface area (Å²) in [5, 5.41) is 2.98. The van der Waals surface area contributed by atoms with E-state index in [4.69, 9.17) is 0 Å². The SMILES string of the molecule is CCC(=O)N1CCC(Nc2nc(C(F)(F)F)nc3nc[nH]c23)C1. The summed E-state index contributed by atoms with van der Waals surface area (Å²) in [4.78, 5) is 26.9. The number of hydrogen-bond donors (Lipinski definition) is 2. The normalized spacial score (nSPS) is 18.6. The van der Waals surface area contributed by atoms with Crippen LogP contribution in [0.1, 0.15) is 25.6 Å². The van der Waals surface area contributed by atoms with Crippen molar-refractivity contribution in [2.75, 3.05) is 18.4 Å². The van der Waals surface area contributed by atoms with E-state index in [9.17, 15) is 18.0 Å². The lowest BCUT2D eigenvalue weighted by Gasteiger charge is -2.17. The second-order valence-electron chi connectivity index (χ2n) is 5.32. The van der Waals surface area contributed by atoms with Gasteiger partial charge in [0.1, 0.15) is 5.52 Å². The number of aromatic nitrogens is 4. The lowest BCUT2D eigenvalue weighted by atomic mass is 10.2. The van der Waals surface area contributed by atoms with E-state index in [2.05, 4.69) is 25.3 Å². The molecule has 1 fully saturated rings. The summed E-state index contributed by atoms with van der Waals surface area (Å²) in [6.07, 6.45) is -2.33. The molecule has 0 bridgehead atoms. The number of rotatable bonds is 3. The Balaban J connectivity index is 1.85. The molecule has 1 unspecified atom stereocenters. The highest BCUT2D eigenvalue weighted by Gasteiger charge is 2.36. The molecule has 0 radical (unpaired) electrons. The second kappa shape index (κ2) is 5.67. The first-order valence-electron chi connectivity index (χ1n) is 7.21. The molecule has 1 amide bonds. The van der Waals surface area contributed by atoms with Gasteiger partial charge < -0.3 is 15.2 Å². The van der Waals surface area contributed by atoms with Gasteiger partial charge in [-0.3, -0.25) is 4.79 Å². The van der Waals surface area contributed by atoms with Crippen molar-refractivity contribution in [2.24, 2.45) is 0 Å². The van der Waals surface area contributed by atoms with Crippen LogP contribution in [0, 0.1) is 0 Å². The highest BCUT2D eigenvalue weighted by atomic mass is 19.4. The zero-order valence-corrected chi connectivity index (χ0v) is 12.3. The summed E-state index contributed by atoms with van der Waals surface area (Å²) in [6.45, 7) is 2.79. The van der Waals surface area contributed by atoms with Crippen molar-refractivity contribution in [3.8, 4) is 0 Å². The molecule has 3 rings (SSSR count). The minimum absolute atomic E-state index is 0.0275. The average molecular weight is 328 g/mol. The highest BCUT2D eigenvalue weighted by molar-refractivity contribution is 5.82. The van der Waals surface area contributed by atoms with Crippen LogP contribution in [0.25, 0.3) is 11.2 Å². The van der Waals surface area contributed by atoms with E-state index < -0.39 is 12.0 Å². The average Bonchev–Trinajstić information content (AvgIpc) is 3.14. The van der Waals surface area contributed by atoms with Crippen LogP contribution in [0.3, 0.4) is 0 Å². The van der Waals surface area contributed by atoms with Gasteiger partial charge in [0.15, 0.2) is 11.5 Å². The van der Waals surface area contributed by atoms with Crippen LogP contribution < -0.4 is 5.32 Å². The summed E-state index contributed by atoms with van der Waals surface area (Å²) in [7, 11) is 0. The van der Waals surface area contributed by atoms with Crippen LogP contribution in [0.2, 0.25) is 0 Å². The maximum atomic E-state index is 12.9. The molecule has 2 N–H and O–H groups in total. The van der Waals surface area contributed by atoms with Gasteiger partial charge >= 0.3 is 6.18 Å². The second-order valence-corrected chi connectivity index (χ2v) is 5.32. The van der Waals surface area contributed by atoms with Gasteiger partial charge in [-0.2, -0.15) is 13.2 Å². The number of amides is 1. The Morgan fingerprint density at radius 3 is 2.96 bits per heavy atom. The Labute approximate surface area is 129 Å². The van der Waals surface area contributed by atoms with Crippen molar-refractivity contribution in [3.63, 3.8) is 0 Å². The number of halogens is 3. The molecular weight excluding hydrogens is 313 g/mol. The number of nitrogens with zero attached hydrogens (tertiary/aromatic N) is 4. The van der Waals surface area contributed by atoms with Gasteiger partial charge in [-0.25, -0.2) is 15.0 Å². The molecule has 10 heteroatoms. The minimum atomic E-state index is -4.65. The largest absolute Gasteiger partial charge is 0.451 e. The van der Waals surface area contributed by atoms with Gasteiger partial charge in [0, 0.05) is 25.6 Å². The zero-order chi connectivity index (χ0) is 16.6. The fourth-order valence-corrected chi connectivity index (χ4v) is 2.59. The number of alkyl halides is 3. The molecule has 1 aliphatic heterocycles. The smallest absolute Gasteiger partial charge is 0.364 e. The van der Waals surface area contributed by atoms with Gasteiger partial charge in [0.05, 0.1) is 6.33 Å². The summed E-state index contributed by atoms with van der Waals surface area (Å²) in [5.41, 5.74) is 0.271. The number of H-pyrrole nitrogens is 1. The minimum Gasteiger partial charge on any atom is -0.364 e. The summed E-state index contributed by atoms with van der Waals surface area (Å²) in [5.74, 6) is -1.16. The Bertz CT molecular complexity index is 728. The van der Waals surface area contributed by atoms with Crippen LogP contribution in [0.5, 0.6) is 0 Å². The maximum absolute atomic E-state index is 12.9. The lowest BCUT2D eigenvalue weighted by Crippen LogP contribution is -2.31. The van der Waals surface area contributed by atoms with Crippen molar-refractivity contribution in [1.82, 2.24) is 24.8 Å². The predicted molar refractivity (Wildman–Crippen MR) is 75.6 cm³/mol. The third-order valence-electron chi connectivity index (χ3n) is 3.72. The standard InChI is InChI=1S/C13H15F3N6O/c1-2-8(23)22-4-3-7(5-22)19-11-9-10(18-6-17-9)20-12(21-11)13(14,15)16/h6-7H,2-5H2,1H3,(H2,17,18,19,20,21). The van der Waals surface area contributed by atoms with E-state index in [1.807, 2.05) is 0 Å². The summed E-state index contributed by atoms with van der Waals surface area (Å²) in [6, 6.07) is -0.159. The number of carbonyl (C=O) groups excluding carboxylic acids is 1. The maximum Gasteiger partial charge on any atom is 0.451 e. The van der Waals surface area contributed by atoms with E-state index in [-0.39, 0.29) is 23.4 Å². The number of likely N-dealkylation sites (tertiary alicyclic amines) is 1. The summed E-state index contributed by atoms with van der Waals surface area (Å²) < 4.78 is 38.7. The molecule has 124 valence electrons. The number of aromatic amines is 1. The lowest BCUT2D eigenvalue weighted by molar-refractivity contribution is -0.144. The Hall–Kier alpha value is -2.39. The molecule has 2 aromatic heterocycles. The Kier molecular flexibility index (Phi) is 3.82. The number of anilines is 1. The van der Waals surface area contributed by atoms with Gasteiger partial charge in [-0.1, -0.05) is 6.92 Å². The number of carbonyl (C=O) groups is 1. The molecule has 7 nitrogen and oxygen atoms in total. The van der Waals surface area contributed by atoms with Crippen molar-refractivity contribution < 1.29 is 18.0 Å². The van der Waals surface area contributed by atoms with Crippen molar-refractivity contribution in [2.45, 2.75) is 32.0 Å². The van der Waals surface area contributed by atoms with Crippen LogP contribution in [0.15, 0.2) is 6.33 Å². The van der Waals surface area contributed by atoms with E-state index in [0.29, 0.717) is 31.4 Å². The van der Waals surface area contributed by atoms with Crippen molar-refractivity contribution >= 4 is 22.9 Å². The molecule has 1 aliphatic rings. The topological polar surface area (TPSA) is 86.8 Å². The molecule has 1 saturated heterocycles. The fourth-order valence-electron chi connectivity index (χ4n) is 2.59. The molecule has 3 heterocycles. The molecular formula is C13H15F3N6O. The predicted octanol–water partition coefficient (Wildman–Crippen LogP) is 1.79. The monoisotopic (exact) mass is 328 g/mol. The first-order chi connectivity index (χ1) is 10.9. The van der Waals surface area contributed by atoms with Crippen LogP contribution >= 0.6 is 0 Å². The molecule has 23 heavy (non-hydrogen) atoms. The number of nitrogens with one attached hydrogen (secondary N) is 2. The van der Waals surface area contributed by atoms with Gasteiger partial charge in [0.25, 0.3) is 0 Å². The number of imidazole rings is 1. The first-order valence-corrected chi connectivity index (χ1v) is 7.21. The van der Waals surface area contributed by atoms with Gasteiger partial charge in [-0.05, 0) is 6.42 Å². The quantitative estimate of drug-likeness (QED) is 0.897. The Morgan fingerprint density at radius 1 is 1.48 bits per heavy atom. The molecule has 0 aromatic carbocycles. The number of fused-ring (bicyclic) bond motifs is 1. The van der Waals surface area contributed by atoms with Crippen LogP contribution in [0.4, 0.5) is 19.0 Å². The zero-order valence-electron chi connectivity index (χ0n) is 12.3. The Morgan fingerprint density at radius 2 is 2.26 bits per heavy atom. The van der Waals surface area contributed by atoms with Crippen LogP contribution in [-0.2, 0) is 11.0 Å². The van der Waals surface area contributed by atoms with E-state index in [1.165, 1.54) is 6.33 Å². The van der Waals surface area contributed by atoms with Crippen LogP contribution in [-0.4, -0.2) is 49.9 Å². The molecule has 0 aliphatic carbocycles. The van der Waals surface area contributed by atoms with Gasteiger partial charge in [-0.15, -0.1) is 0 Å². The summed E-state index contributed by atoms with van der Waals surface area (Å²) >= 11 is 0. The molecule has 2 aromatic rings. The van der Waals surface area contributed by atoms with E-state index in [1.54, 1.807) is 11.8 Å². The van der Waals surface area contributed by atoms with Crippen molar-refractivity contribution in [1.29, 1.82) is 0 Å². The molecule has 0 spiro atoms. The third kappa shape index (κ3) is 3.06. The third-order valence-corrected chi connectivity index (χ3v) is 3.72. The molecule has 1 atom stereocenters. The highest BCUT2D eigenvalue weighted by Crippen LogP contribution is 2.29. The van der Waals surface area contributed by atoms with E-state index in [0.717, 1.165) is 0 Å². The fraction of sp³-hybridized carbons (Fsp3) is 0.538. The van der Waals surface area contributed by atoms with Gasteiger partial charge in [0.2, 0.25) is 11.7 Å². The first kappa shape index (κ1) is 15.5. The molecule has 0 saturated carbocycles. The van der Waals surface area contributed by atoms with E-state index >= 15 is 0 Å². The van der Waals surface area contributed by atoms with Crippen molar-refractivity contribution in [3.05, 3.63) is 12.2 Å².